The average Bonchev–Trinajstić information content (AvgIpc) is 2.65. The van der Waals surface area contributed by atoms with Gasteiger partial charge in [-0.2, -0.15) is 0 Å². The SMILES string of the molecule is CCOC(=O)C1NC2=C(CC(OC(F)(F)F)C=C2)C1C. The van der Waals surface area contributed by atoms with Gasteiger partial charge in [-0.3, -0.25) is 4.74 Å². The van der Waals surface area contributed by atoms with E-state index in [1.54, 1.807) is 13.8 Å². The third kappa shape index (κ3) is 3.15. The fourth-order valence-electron chi connectivity index (χ4n) is 2.52. The van der Waals surface area contributed by atoms with Crippen molar-refractivity contribution in [2.75, 3.05) is 6.61 Å². The van der Waals surface area contributed by atoms with Gasteiger partial charge in [0.15, 0.2) is 0 Å². The second kappa shape index (κ2) is 5.47. The van der Waals surface area contributed by atoms with Crippen molar-refractivity contribution in [3.8, 4) is 0 Å². The van der Waals surface area contributed by atoms with Crippen LogP contribution in [0.25, 0.3) is 0 Å². The molecule has 2 rings (SSSR count). The van der Waals surface area contributed by atoms with Gasteiger partial charge in [-0.25, -0.2) is 4.79 Å². The first-order valence-corrected chi connectivity index (χ1v) is 6.40. The summed E-state index contributed by atoms with van der Waals surface area (Å²) in [6.07, 6.45) is -2.71. The van der Waals surface area contributed by atoms with E-state index in [0.29, 0.717) is 5.70 Å². The molecule has 0 fully saturated rings. The Morgan fingerprint density at radius 2 is 2.20 bits per heavy atom. The molecule has 0 spiro atoms. The lowest BCUT2D eigenvalue weighted by molar-refractivity contribution is -0.336. The fraction of sp³-hybridized carbons (Fsp3) is 0.615. The molecule has 0 bridgehead atoms. The van der Waals surface area contributed by atoms with Crippen LogP contribution < -0.4 is 5.32 Å². The summed E-state index contributed by atoms with van der Waals surface area (Å²) in [7, 11) is 0. The molecule has 0 aromatic heterocycles. The fourth-order valence-corrected chi connectivity index (χ4v) is 2.52. The molecule has 3 unspecified atom stereocenters. The molecule has 2 aliphatic rings. The van der Waals surface area contributed by atoms with Crippen LogP contribution in [0.15, 0.2) is 23.4 Å². The molecule has 20 heavy (non-hydrogen) atoms. The lowest BCUT2D eigenvalue weighted by Crippen LogP contribution is -2.37. The first-order valence-electron chi connectivity index (χ1n) is 6.40. The summed E-state index contributed by atoms with van der Waals surface area (Å²) in [5.41, 5.74) is 1.46. The van der Waals surface area contributed by atoms with Crippen molar-refractivity contribution in [2.24, 2.45) is 5.92 Å². The summed E-state index contributed by atoms with van der Waals surface area (Å²) in [4.78, 5) is 11.8. The Morgan fingerprint density at radius 3 is 2.80 bits per heavy atom. The zero-order valence-electron chi connectivity index (χ0n) is 11.2. The zero-order chi connectivity index (χ0) is 14.9. The molecule has 0 saturated carbocycles. The second-order valence-electron chi connectivity index (χ2n) is 4.77. The molecule has 1 N–H and O–H groups in total. The number of allylic oxidation sites excluding steroid dienone is 1. The van der Waals surface area contributed by atoms with Gasteiger partial charge in [0.2, 0.25) is 0 Å². The van der Waals surface area contributed by atoms with E-state index in [4.69, 9.17) is 4.74 Å². The van der Waals surface area contributed by atoms with Crippen molar-refractivity contribution in [2.45, 2.75) is 38.8 Å². The largest absolute Gasteiger partial charge is 0.523 e. The molecule has 3 atom stereocenters. The molecule has 7 heteroatoms. The molecule has 4 nitrogen and oxygen atoms in total. The van der Waals surface area contributed by atoms with Crippen LogP contribution in [0.1, 0.15) is 20.3 Å². The first kappa shape index (κ1) is 14.9. The van der Waals surface area contributed by atoms with E-state index in [1.165, 1.54) is 12.2 Å². The quantitative estimate of drug-likeness (QED) is 0.810. The van der Waals surface area contributed by atoms with Gasteiger partial charge in [-0.1, -0.05) is 13.0 Å². The van der Waals surface area contributed by atoms with Gasteiger partial charge in [-0.05, 0) is 18.6 Å². The monoisotopic (exact) mass is 291 g/mol. The molecule has 0 amide bonds. The normalized spacial score (nSPS) is 29.1. The maximum atomic E-state index is 12.2. The van der Waals surface area contributed by atoms with Crippen LogP contribution in [0.2, 0.25) is 0 Å². The van der Waals surface area contributed by atoms with Crippen molar-refractivity contribution in [3.63, 3.8) is 0 Å². The summed E-state index contributed by atoms with van der Waals surface area (Å²) >= 11 is 0. The maximum absolute atomic E-state index is 12.2. The Labute approximate surface area is 114 Å². The minimum atomic E-state index is -4.66. The number of hydrogen-bond acceptors (Lipinski definition) is 4. The molecule has 0 radical (unpaired) electrons. The average molecular weight is 291 g/mol. The highest BCUT2D eigenvalue weighted by molar-refractivity contribution is 5.78. The first-order chi connectivity index (χ1) is 9.31. The van der Waals surface area contributed by atoms with Crippen molar-refractivity contribution < 1.29 is 27.4 Å². The molecule has 1 heterocycles. The molecule has 0 aromatic carbocycles. The van der Waals surface area contributed by atoms with Gasteiger partial charge in [0, 0.05) is 18.0 Å². The number of alkyl halides is 3. The number of rotatable bonds is 3. The van der Waals surface area contributed by atoms with Gasteiger partial charge in [0.05, 0.1) is 12.7 Å². The Balaban J connectivity index is 2.04. The van der Waals surface area contributed by atoms with Crippen molar-refractivity contribution in [3.05, 3.63) is 23.4 Å². The highest BCUT2D eigenvalue weighted by Crippen LogP contribution is 2.35. The third-order valence-electron chi connectivity index (χ3n) is 3.43. The van der Waals surface area contributed by atoms with Gasteiger partial charge in [-0.15, -0.1) is 13.2 Å². The van der Waals surface area contributed by atoms with Crippen molar-refractivity contribution in [1.29, 1.82) is 0 Å². The number of nitrogens with one attached hydrogen (secondary N) is 1. The van der Waals surface area contributed by atoms with E-state index >= 15 is 0 Å². The summed E-state index contributed by atoms with van der Waals surface area (Å²) in [6, 6.07) is -0.547. The summed E-state index contributed by atoms with van der Waals surface area (Å²) < 4.78 is 45.6. The Kier molecular flexibility index (Phi) is 4.08. The van der Waals surface area contributed by atoms with Gasteiger partial charge >= 0.3 is 12.3 Å². The smallest absolute Gasteiger partial charge is 0.464 e. The minimum Gasteiger partial charge on any atom is -0.464 e. The molecular formula is C13H16F3NO3. The Morgan fingerprint density at radius 1 is 1.50 bits per heavy atom. The van der Waals surface area contributed by atoms with Crippen LogP contribution >= 0.6 is 0 Å². The van der Waals surface area contributed by atoms with E-state index in [1.807, 2.05) is 0 Å². The number of esters is 1. The number of halogens is 3. The maximum Gasteiger partial charge on any atom is 0.523 e. The van der Waals surface area contributed by atoms with Crippen LogP contribution in [0.3, 0.4) is 0 Å². The number of ether oxygens (including phenoxy) is 2. The topological polar surface area (TPSA) is 47.6 Å². The highest BCUT2D eigenvalue weighted by Gasteiger charge is 2.40. The third-order valence-corrected chi connectivity index (χ3v) is 3.43. The zero-order valence-corrected chi connectivity index (χ0v) is 11.2. The Bertz CT molecular complexity index is 456. The number of carbonyl (C=O) groups is 1. The van der Waals surface area contributed by atoms with Gasteiger partial charge in [0.25, 0.3) is 0 Å². The van der Waals surface area contributed by atoms with E-state index in [2.05, 4.69) is 10.1 Å². The van der Waals surface area contributed by atoms with Crippen molar-refractivity contribution in [1.82, 2.24) is 5.32 Å². The van der Waals surface area contributed by atoms with Crippen molar-refractivity contribution >= 4 is 5.97 Å². The summed E-state index contributed by atoms with van der Waals surface area (Å²) in [5.74, 6) is -0.607. The summed E-state index contributed by atoms with van der Waals surface area (Å²) in [6.45, 7) is 3.77. The number of hydrogen-bond donors (Lipinski definition) is 1. The van der Waals surface area contributed by atoms with E-state index < -0.39 is 24.5 Å². The summed E-state index contributed by atoms with van der Waals surface area (Å²) in [5, 5.41) is 2.99. The molecule has 1 aliphatic carbocycles. The molecule has 0 saturated heterocycles. The second-order valence-corrected chi connectivity index (χ2v) is 4.77. The van der Waals surface area contributed by atoms with Crippen LogP contribution in [-0.4, -0.2) is 31.1 Å². The van der Waals surface area contributed by atoms with E-state index in [-0.39, 0.29) is 18.9 Å². The van der Waals surface area contributed by atoms with Crippen LogP contribution in [0.5, 0.6) is 0 Å². The molecular weight excluding hydrogens is 275 g/mol. The van der Waals surface area contributed by atoms with Crippen LogP contribution in [-0.2, 0) is 14.3 Å². The van der Waals surface area contributed by atoms with Gasteiger partial charge < -0.3 is 10.1 Å². The minimum absolute atomic E-state index is 0.120. The molecule has 0 aromatic rings. The predicted octanol–water partition coefficient (Wildman–Crippen LogP) is 2.28. The Hall–Kier alpha value is -1.50. The lowest BCUT2D eigenvalue weighted by Gasteiger charge is -2.22. The van der Waals surface area contributed by atoms with E-state index in [9.17, 15) is 18.0 Å². The molecule has 1 aliphatic heterocycles. The standard InChI is InChI=1S/C13H16F3NO3/c1-3-19-12(18)11-7(2)9-6-8(20-13(14,15)16)4-5-10(9)17-11/h4-5,7-8,11,17H,3,6H2,1-2H3. The van der Waals surface area contributed by atoms with Crippen LogP contribution in [0.4, 0.5) is 13.2 Å². The number of carbonyl (C=O) groups excluding carboxylic acids is 1. The predicted molar refractivity (Wildman–Crippen MR) is 64.4 cm³/mol. The van der Waals surface area contributed by atoms with Gasteiger partial charge in [0.1, 0.15) is 6.04 Å². The highest BCUT2D eigenvalue weighted by atomic mass is 19.4. The molecule has 112 valence electrons. The van der Waals surface area contributed by atoms with E-state index in [0.717, 1.165) is 5.57 Å². The lowest BCUT2D eigenvalue weighted by atomic mass is 9.90. The van der Waals surface area contributed by atoms with Crippen LogP contribution in [0, 0.1) is 5.92 Å².